The summed E-state index contributed by atoms with van der Waals surface area (Å²) in [7, 11) is 0. The molecule has 0 aliphatic carbocycles. The molecule has 26 heavy (non-hydrogen) atoms. The fraction of sp³-hybridized carbons (Fsp3) is 0.611. The largest absolute Gasteiger partial charge is 0.490 e. The van der Waals surface area contributed by atoms with E-state index in [1.54, 1.807) is 6.07 Å². The van der Waals surface area contributed by atoms with Crippen molar-refractivity contribution in [3.8, 4) is 5.75 Å². The van der Waals surface area contributed by atoms with Crippen LogP contribution in [0.2, 0.25) is 5.02 Å². The van der Waals surface area contributed by atoms with E-state index in [0.29, 0.717) is 28.4 Å². The molecule has 0 spiro atoms. The molecule has 1 atom stereocenters. The molecule has 1 saturated heterocycles. The average molecular weight is 380 g/mol. The Morgan fingerprint density at radius 1 is 1.42 bits per heavy atom. The van der Waals surface area contributed by atoms with Crippen LogP contribution in [0, 0.1) is 0 Å². The number of aromatic nitrogens is 3. The van der Waals surface area contributed by atoms with Gasteiger partial charge in [0.25, 0.3) is 5.91 Å². The van der Waals surface area contributed by atoms with Gasteiger partial charge in [-0.25, -0.2) is 4.68 Å². The van der Waals surface area contributed by atoms with Gasteiger partial charge in [-0.1, -0.05) is 37.1 Å². The number of primary amides is 1. The van der Waals surface area contributed by atoms with Crippen molar-refractivity contribution in [3.63, 3.8) is 0 Å². The topological polar surface area (TPSA) is 86.3 Å². The van der Waals surface area contributed by atoms with E-state index in [0.717, 1.165) is 38.9 Å². The SMILES string of the molecule is CCCOc1c(C(N)=O)cc(Cl)c2c1nnn2C1CCCCN(CC)C1. The van der Waals surface area contributed by atoms with Crippen LogP contribution < -0.4 is 10.5 Å². The van der Waals surface area contributed by atoms with Crippen LogP contribution >= 0.6 is 11.6 Å². The summed E-state index contributed by atoms with van der Waals surface area (Å²) in [5.41, 5.74) is 6.98. The first kappa shape index (κ1) is 18.9. The van der Waals surface area contributed by atoms with E-state index in [1.807, 2.05) is 11.6 Å². The lowest BCUT2D eigenvalue weighted by Crippen LogP contribution is -2.30. The highest BCUT2D eigenvalue weighted by molar-refractivity contribution is 6.35. The molecule has 0 radical (unpaired) electrons. The number of likely N-dealkylation sites (N-methyl/N-ethyl adjacent to an activating group) is 1. The molecule has 2 N–H and O–H groups in total. The van der Waals surface area contributed by atoms with Crippen LogP contribution in [0.15, 0.2) is 6.07 Å². The quantitative estimate of drug-likeness (QED) is 0.833. The lowest BCUT2D eigenvalue weighted by molar-refractivity contribution is 0.0996. The predicted octanol–water partition coefficient (Wildman–Crippen LogP) is 3.02. The van der Waals surface area contributed by atoms with Crippen LogP contribution in [0.3, 0.4) is 0 Å². The van der Waals surface area contributed by atoms with Crippen LogP contribution in [0.1, 0.15) is 55.9 Å². The number of rotatable bonds is 6. The van der Waals surface area contributed by atoms with Crippen molar-refractivity contribution in [1.82, 2.24) is 19.9 Å². The van der Waals surface area contributed by atoms with Crippen molar-refractivity contribution in [3.05, 3.63) is 16.7 Å². The van der Waals surface area contributed by atoms with E-state index in [-0.39, 0.29) is 11.6 Å². The summed E-state index contributed by atoms with van der Waals surface area (Å²) >= 11 is 6.51. The van der Waals surface area contributed by atoms with E-state index >= 15 is 0 Å². The van der Waals surface area contributed by atoms with Crippen LogP contribution in [0.4, 0.5) is 0 Å². The van der Waals surface area contributed by atoms with Crippen molar-refractivity contribution in [2.75, 3.05) is 26.2 Å². The maximum absolute atomic E-state index is 11.8. The lowest BCUT2D eigenvalue weighted by Gasteiger charge is -2.23. The van der Waals surface area contributed by atoms with Gasteiger partial charge >= 0.3 is 0 Å². The van der Waals surface area contributed by atoms with Crippen molar-refractivity contribution in [1.29, 1.82) is 0 Å². The Hall–Kier alpha value is -1.86. The third-order valence-corrected chi connectivity index (χ3v) is 5.18. The number of fused-ring (bicyclic) bond motifs is 1. The molecule has 7 nitrogen and oxygen atoms in total. The Bertz CT molecular complexity index is 791. The summed E-state index contributed by atoms with van der Waals surface area (Å²) in [5.74, 6) is -0.202. The summed E-state index contributed by atoms with van der Waals surface area (Å²) < 4.78 is 7.70. The van der Waals surface area contributed by atoms with Crippen molar-refractivity contribution >= 4 is 28.5 Å². The molecule has 1 aromatic heterocycles. The first-order valence-corrected chi connectivity index (χ1v) is 9.66. The second-order valence-electron chi connectivity index (χ2n) is 6.72. The molecule has 0 saturated carbocycles. The number of likely N-dealkylation sites (tertiary alicyclic amines) is 1. The van der Waals surface area contributed by atoms with E-state index < -0.39 is 5.91 Å². The maximum Gasteiger partial charge on any atom is 0.252 e. The number of hydrogen-bond donors (Lipinski definition) is 1. The van der Waals surface area contributed by atoms with Crippen LogP contribution in [-0.2, 0) is 0 Å². The van der Waals surface area contributed by atoms with Gasteiger partial charge in [0.1, 0.15) is 5.52 Å². The van der Waals surface area contributed by atoms with Gasteiger partial charge in [-0.15, -0.1) is 5.10 Å². The second-order valence-corrected chi connectivity index (χ2v) is 7.13. The minimum absolute atomic E-state index is 0.193. The Kier molecular flexibility index (Phi) is 5.98. The molecule has 1 fully saturated rings. The third kappa shape index (κ3) is 3.64. The minimum atomic E-state index is -0.582. The van der Waals surface area contributed by atoms with Crippen LogP contribution in [0.25, 0.3) is 11.0 Å². The zero-order valence-corrected chi connectivity index (χ0v) is 16.1. The Labute approximate surface area is 158 Å². The number of carbonyl (C=O) groups excluding carboxylic acids is 1. The van der Waals surface area contributed by atoms with Gasteiger partial charge in [-0.2, -0.15) is 0 Å². The van der Waals surface area contributed by atoms with Crippen molar-refractivity contribution < 1.29 is 9.53 Å². The fourth-order valence-electron chi connectivity index (χ4n) is 3.53. The van der Waals surface area contributed by atoms with E-state index in [9.17, 15) is 4.79 Å². The van der Waals surface area contributed by atoms with Gasteiger partial charge in [0.05, 0.1) is 23.2 Å². The van der Waals surface area contributed by atoms with Gasteiger partial charge in [0, 0.05) is 6.54 Å². The van der Waals surface area contributed by atoms with E-state index in [2.05, 4.69) is 22.1 Å². The van der Waals surface area contributed by atoms with Gasteiger partial charge in [-0.3, -0.25) is 4.79 Å². The lowest BCUT2D eigenvalue weighted by atomic mass is 10.1. The number of nitrogens with zero attached hydrogens (tertiary/aromatic N) is 4. The predicted molar refractivity (Wildman–Crippen MR) is 102 cm³/mol. The van der Waals surface area contributed by atoms with Gasteiger partial charge in [0.2, 0.25) is 0 Å². The van der Waals surface area contributed by atoms with E-state index in [1.165, 1.54) is 6.42 Å². The molecular weight excluding hydrogens is 354 g/mol. The highest BCUT2D eigenvalue weighted by atomic mass is 35.5. The molecule has 1 unspecified atom stereocenters. The molecule has 142 valence electrons. The summed E-state index contributed by atoms with van der Waals surface area (Å²) in [6, 6.07) is 1.77. The number of amides is 1. The van der Waals surface area contributed by atoms with Gasteiger partial charge < -0.3 is 15.4 Å². The monoisotopic (exact) mass is 379 g/mol. The van der Waals surface area contributed by atoms with Gasteiger partial charge in [-0.05, 0) is 38.4 Å². The Balaban J connectivity index is 2.09. The van der Waals surface area contributed by atoms with Crippen molar-refractivity contribution in [2.24, 2.45) is 5.73 Å². The van der Waals surface area contributed by atoms with Crippen molar-refractivity contribution in [2.45, 2.75) is 45.6 Å². The highest BCUT2D eigenvalue weighted by Gasteiger charge is 2.26. The number of ether oxygens (including phenoxy) is 1. The van der Waals surface area contributed by atoms with Crippen LogP contribution in [0.5, 0.6) is 5.75 Å². The van der Waals surface area contributed by atoms with Gasteiger partial charge in [0.15, 0.2) is 11.3 Å². The second kappa shape index (κ2) is 8.22. The molecule has 2 aromatic rings. The zero-order chi connectivity index (χ0) is 18.7. The number of hydrogen-bond acceptors (Lipinski definition) is 5. The molecule has 0 bridgehead atoms. The summed E-state index contributed by atoms with van der Waals surface area (Å²) in [6.07, 6.45) is 4.15. The molecule has 1 amide bonds. The summed E-state index contributed by atoms with van der Waals surface area (Å²) in [5, 5.41) is 9.12. The summed E-state index contributed by atoms with van der Waals surface area (Å²) in [6.45, 7) is 7.66. The highest BCUT2D eigenvalue weighted by Crippen LogP contribution is 2.36. The number of carbonyl (C=O) groups is 1. The molecule has 8 heteroatoms. The van der Waals surface area contributed by atoms with Crippen LogP contribution in [-0.4, -0.2) is 52.0 Å². The first-order valence-electron chi connectivity index (χ1n) is 9.29. The summed E-state index contributed by atoms with van der Waals surface area (Å²) in [4.78, 5) is 14.3. The Morgan fingerprint density at radius 2 is 2.23 bits per heavy atom. The standard InChI is InChI=1S/C18H26ClN5O2/c1-3-9-26-17-13(18(20)25)10-14(19)16-15(17)21-22-24(16)12-7-5-6-8-23(4-2)11-12/h10,12H,3-9,11H2,1-2H3,(H2,20,25). The number of halogens is 1. The normalized spacial score (nSPS) is 18.8. The molecular formula is C18H26ClN5O2. The third-order valence-electron chi connectivity index (χ3n) is 4.89. The molecule has 2 heterocycles. The Morgan fingerprint density at radius 3 is 2.92 bits per heavy atom. The maximum atomic E-state index is 11.8. The fourth-order valence-corrected chi connectivity index (χ4v) is 3.81. The van der Waals surface area contributed by atoms with E-state index in [4.69, 9.17) is 22.1 Å². The first-order chi connectivity index (χ1) is 12.6. The molecule has 3 rings (SSSR count). The number of benzene rings is 1. The molecule has 1 aliphatic rings. The zero-order valence-electron chi connectivity index (χ0n) is 15.4. The number of nitrogens with two attached hydrogens (primary N) is 1. The minimum Gasteiger partial charge on any atom is -0.490 e. The molecule has 1 aromatic carbocycles. The molecule has 1 aliphatic heterocycles. The average Bonchev–Trinajstić information content (AvgIpc) is 2.93. The smallest absolute Gasteiger partial charge is 0.252 e.